The van der Waals surface area contributed by atoms with Crippen LogP contribution in [0.15, 0.2) is 48.8 Å². The van der Waals surface area contributed by atoms with Crippen LogP contribution < -0.4 is 15.4 Å². The number of benzene rings is 2. The number of nitrogens with zero attached hydrogens (tertiary/aromatic N) is 3. The average molecular weight is 512 g/mol. The topological polar surface area (TPSA) is 88.6 Å². The zero-order chi connectivity index (χ0) is 25.1. The van der Waals surface area contributed by atoms with Crippen molar-refractivity contribution < 1.29 is 18.7 Å². The summed E-state index contributed by atoms with van der Waals surface area (Å²) < 4.78 is 24.4. The van der Waals surface area contributed by atoms with Crippen molar-refractivity contribution in [2.75, 3.05) is 50.6 Å². The number of ether oxygens (including phenoxy) is 2. The Bertz CT molecular complexity index is 1300. The van der Waals surface area contributed by atoms with E-state index >= 15 is 0 Å². The first-order valence-corrected chi connectivity index (χ1v) is 12.1. The van der Waals surface area contributed by atoms with Gasteiger partial charge in [-0.2, -0.15) is 0 Å². The second-order valence-electron chi connectivity index (χ2n) is 9.23. The number of nitrogens with one attached hydrogen (secondary N) is 2. The number of amides is 1. The van der Waals surface area contributed by atoms with Crippen LogP contribution in [0.3, 0.4) is 0 Å². The number of carbonyl (C=O) groups excluding carboxylic acids is 1. The van der Waals surface area contributed by atoms with E-state index in [1.165, 1.54) is 25.6 Å². The second-order valence-corrected chi connectivity index (χ2v) is 9.64. The van der Waals surface area contributed by atoms with Crippen LogP contribution in [0, 0.1) is 11.2 Å². The summed E-state index contributed by atoms with van der Waals surface area (Å²) in [4.78, 5) is 23.6. The number of halogens is 2. The third-order valence-corrected chi connectivity index (χ3v) is 7.05. The van der Waals surface area contributed by atoms with Gasteiger partial charge in [0.2, 0.25) is 5.91 Å². The van der Waals surface area contributed by atoms with Crippen LogP contribution in [0.1, 0.15) is 12.8 Å². The number of anilines is 3. The van der Waals surface area contributed by atoms with Crippen LogP contribution >= 0.6 is 11.6 Å². The van der Waals surface area contributed by atoms with Crippen molar-refractivity contribution in [3.8, 4) is 5.75 Å². The molecule has 2 aliphatic rings. The Balaban J connectivity index is 1.28. The molecule has 5 rings (SSSR count). The van der Waals surface area contributed by atoms with Crippen molar-refractivity contribution in [2.45, 2.75) is 12.8 Å². The van der Waals surface area contributed by atoms with Gasteiger partial charge in [-0.3, -0.25) is 9.69 Å². The third-order valence-electron chi connectivity index (χ3n) is 6.76. The van der Waals surface area contributed by atoms with Crippen molar-refractivity contribution >= 4 is 45.6 Å². The zero-order valence-corrected chi connectivity index (χ0v) is 20.6. The maximum atomic E-state index is 13.5. The molecule has 0 saturated carbocycles. The van der Waals surface area contributed by atoms with E-state index < -0.39 is 5.82 Å². The van der Waals surface area contributed by atoms with Gasteiger partial charge in [0.15, 0.2) is 0 Å². The van der Waals surface area contributed by atoms with Gasteiger partial charge in [-0.25, -0.2) is 14.4 Å². The summed E-state index contributed by atoms with van der Waals surface area (Å²) in [7, 11) is 1.53. The van der Waals surface area contributed by atoms with E-state index in [2.05, 4.69) is 25.5 Å². The largest absolute Gasteiger partial charge is 0.494 e. The molecular weight excluding hydrogens is 485 g/mol. The van der Waals surface area contributed by atoms with E-state index in [1.807, 2.05) is 6.08 Å². The first-order valence-electron chi connectivity index (χ1n) is 11.8. The summed E-state index contributed by atoms with van der Waals surface area (Å²) in [6, 6.07) is 7.79. The van der Waals surface area contributed by atoms with E-state index in [4.69, 9.17) is 21.1 Å². The van der Waals surface area contributed by atoms with E-state index in [1.54, 1.807) is 24.3 Å². The summed E-state index contributed by atoms with van der Waals surface area (Å²) in [5.74, 6) is 0.193. The minimum atomic E-state index is -0.505. The van der Waals surface area contributed by atoms with Gasteiger partial charge in [-0.1, -0.05) is 17.7 Å². The molecule has 0 unspecified atom stereocenters. The number of carbonyl (C=O) groups is 1. The zero-order valence-electron chi connectivity index (χ0n) is 19.9. The molecule has 2 N–H and O–H groups in total. The van der Waals surface area contributed by atoms with Crippen molar-refractivity contribution in [2.24, 2.45) is 5.41 Å². The lowest BCUT2D eigenvalue weighted by molar-refractivity contribution is -0.138. The number of hydrogen-bond acceptors (Lipinski definition) is 7. The predicted octanol–water partition coefficient (Wildman–Crippen LogP) is 4.78. The fourth-order valence-electron chi connectivity index (χ4n) is 4.53. The summed E-state index contributed by atoms with van der Waals surface area (Å²) in [6.07, 6.45) is 7.12. The molecule has 36 heavy (non-hydrogen) atoms. The molecule has 1 amide bonds. The van der Waals surface area contributed by atoms with Gasteiger partial charge in [0, 0.05) is 35.2 Å². The fraction of sp³-hybridized carbons (Fsp3) is 0.346. The molecule has 2 saturated heterocycles. The summed E-state index contributed by atoms with van der Waals surface area (Å²) in [5, 5.41) is 6.68. The number of hydrogen-bond donors (Lipinski definition) is 2. The normalized spacial score (nSPS) is 17.3. The van der Waals surface area contributed by atoms with Gasteiger partial charge < -0.3 is 20.1 Å². The minimum absolute atomic E-state index is 0.000819. The first-order chi connectivity index (χ1) is 17.4. The summed E-state index contributed by atoms with van der Waals surface area (Å²) in [5.41, 5.74) is 2.06. The van der Waals surface area contributed by atoms with Gasteiger partial charge in [0.1, 0.15) is 23.7 Å². The molecule has 8 nitrogen and oxygen atoms in total. The van der Waals surface area contributed by atoms with Gasteiger partial charge in [0.05, 0.1) is 36.6 Å². The highest BCUT2D eigenvalue weighted by atomic mass is 35.5. The Morgan fingerprint density at radius 3 is 2.75 bits per heavy atom. The maximum Gasteiger partial charge on any atom is 0.248 e. The highest BCUT2D eigenvalue weighted by molar-refractivity contribution is 6.31. The number of piperidine rings is 1. The molecule has 1 aromatic heterocycles. The van der Waals surface area contributed by atoms with Crippen LogP contribution in [-0.2, 0) is 9.53 Å². The Kier molecular flexibility index (Phi) is 7.04. The van der Waals surface area contributed by atoms with Gasteiger partial charge >= 0.3 is 0 Å². The molecule has 3 aromatic rings. The summed E-state index contributed by atoms with van der Waals surface area (Å²) in [6.45, 7) is 4.52. The number of rotatable bonds is 7. The fourth-order valence-corrected chi connectivity index (χ4v) is 4.71. The van der Waals surface area contributed by atoms with Crippen LogP contribution in [0.25, 0.3) is 10.9 Å². The molecule has 2 fully saturated rings. The van der Waals surface area contributed by atoms with E-state index in [0.29, 0.717) is 39.3 Å². The standard InChI is InChI=1S/C26H27ClFN5O3/c1-35-23-13-21-18(25(30-16-29-21)31-17-4-5-20(28)19(27)11-17)12-22(23)32-24(34)3-2-8-33-9-6-26(7-10-33)14-36-15-26/h2-5,11-13,16H,6-10,14-15H2,1H3,(H,32,34)(H,29,30,31)/b3-2+. The number of fused-ring (bicyclic) bond motifs is 1. The highest BCUT2D eigenvalue weighted by Gasteiger charge is 2.40. The van der Waals surface area contributed by atoms with E-state index in [-0.39, 0.29) is 10.9 Å². The molecule has 1 spiro atoms. The second kappa shape index (κ2) is 10.4. The van der Waals surface area contributed by atoms with Crippen LogP contribution in [-0.4, -0.2) is 60.7 Å². The van der Waals surface area contributed by atoms with Gasteiger partial charge in [0.25, 0.3) is 0 Å². The van der Waals surface area contributed by atoms with Crippen LogP contribution in [0.4, 0.5) is 21.6 Å². The number of aromatic nitrogens is 2. The monoisotopic (exact) mass is 511 g/mol. The van der Waals surface area contributed by atoms with Crippen molar-refractivity contribution in [3.63, 3.8) is 0 Å². The van der Waals surface area contributed by atoms with E-state index in [0.717, 1.165) is 45.7 Å². The maximum absolute atomic E-state index is 13.5. The molecule has 10 heteroatoms. The molecule has 0 bridgehead atoms. The van der Waals surface area contributed by atoms with Crippen LogP contribution in [0.2, 0.25) is 5.02 Å². The highest BCUT2D eigenvalue weighted by Crippen LogP contribution is 2.38. The number of methoxy groups -OCH3 is 1. The number of likely N-dealkylation sites (tertiary alicyclic amines) is 1. The average Bonchev–Trinajstić information content (AvgIpc) is 2.86. The lowest BCUT2D eigenvalue weighted by atomic mass is 9.77. The third kappa shape index (κ3) is 5.28. The SMILES string of the molecule is COc1cc2ncnc(Nc3ccc(F)c(Cl)c3)c2cc1NC(=O)/C=C/CN1CCC2(CC1)COC2. The van der Waals surface area contributed by atoms with Crippen molar-refractivity contribution in [1.29, 1.82) is 0 Å². The molecule has 2 aromatic carbocycles. The van der Waals surface area contributed by atoms with Crippen molar-refractivity contribution in [1.82, 2.24) is 14.9 Å². The lowest BCUT2D eigenvalue weighted by Gasteiger charge is -2.47. The Hall–Kier alpha value is -3.27. The quantitative estimate of drug-likeness (QED) is 0.441. The summed E-state index contributed by atoms with van der Waals surface area (Å²) >= 11 is 5.91. The molecule has 0 aliphatic carbocycles. The Morgan fingerprint density at radius 1 is 1.25 bits per heavy atom. The molecule has 0 atom stereocenters. The molecule has 188 valence electrons. The smallest absolute Gasteiger partial charge is 0.248 e. The molecule has 0 radical (unpaired) electrons. The first kappa shape index (κ1) is 24.4. The van der Waals surface area contributed by atoms with Gasteiger partial charge in [-0.05, 0) is 50.2 Å². The van der Waals surface area contributed by atoms with Gasteiger partial charge in [-0.15, -0.1) is 0 Å². The van der Waals surface area contributed by atoms with Crippen molar-refractivity contribution in [3.05, 3.63) is 59.7 Å². The Labute approximate surface area is 213 Å². The Morgan fingerprint density at radius 2 is 2.06 bits per heavy atom. The molecule has 2 aliphatic heterocycles. The molecular formula is C26H27ClFN5O3. The lowest BCUT2D eigenvalue weighted by Crippen LogP contribution is -2.50. The molecule has 3 heterocycles. The minimum Gasteiger partial charge on any atom is -0.494 e. The predicted molar refractivity (Wildman–Crippen MR) is 137 cm³/mol. The van der Waals surface area contributed by atoms with Crippen LogP contribution in [0.5, 0.6) is 5.75 Å². The van der Waals surface area contributed by atoms with E-state index in [9.17, 15) is 9.18 Å².